The summed E-state index contributed by atoms with van der Waals surface area (Å²) in [5, 5.41) is 10.6. The van der Waals surface area contributed by atoms with Gasteiger partial charge in [0.15, 0.2) is 0 Å². The fraction of sp³-hybridized carbons (Fsp3) is 0.438. The first-order valence-electron chi connectivity index (χ1n) is 7.61. The molecule has 1 aromatic heterocycles. The molecule has 0 fully saturated rings. The highest BCUT2D eigenvalue weighted by molar-refractivity contribution is 5.88. The summed E-state index contributed by atoms with van der Waals surface area (Å²) < 4.78 is 0. The predicted molar refractivity (Wildman–Crippen MR) is 86.9 cm³/mol. The number of carbonyl (C=O) groups excluding carboxylic acids is 1. The first-order valence-corrected chi connectivity index (χ1v) is 7.61. The lowest BCUT2D eigenvalue weighted by molar-refractivity contribution is -0.120. The minimum Gasteiger partial charge on any atom is -0.354 e. The molecule has 6 heteroatoms. The molecule has 0 radical (unpaired) electrons. The van der Waals surface area contributed by atoms with E-state index < -0.39 is 0 Å². The Hall–Kier alpha value is -2.21. The summed E-state index contributed by atoms with van der Waals surface area (Å²) in [5.74, 6) is -0.0862. The summed E-state index contributed by atoms with van der Waals surface area (Å²) in [7, 11) is 0. The lowest BCUT2D eigenvalue weighted by Gasteiger charge is -2.17. The molecular formula is C16H22N4O2. The molecule has 118 valence electrons. The molecule has 1 amide bonds. The summed E-state index contributed by atoms with van der Waals surface area (Å²) in [6.45, 7) is 7.58. The SMILES string of the molecule is CCN(CC)CCNC(=O)Cc1n[nH]c(=O)c2ccccc12. The minimum atomic E-state index is -0.235. The number of H-pyrrole nitrogens is 1. The molecule has 2 aromatic rings. The van der Waals surface area contributed by atoms with E-state index in [1.807, 2.05) is 12.1 Å². The molecule has 0 saturated carbocycles. The van der Waals surface area contributed by atoms with Crippen molar-refractivity contribution in [2.75, 3.05) is 26.2 Å². The van der Waals surface area contributed by atoms with E-state index in [-0.39, 0.29) is 17.9 Å². The van der Waals surface area contributed by atoms with Gasteiger partial charge in [0.05, 0.1) is 17.5 Å². The number of fused-ring (bicyclic) bond motifs is 1. The molecule has 0 unspecified atom stereocenters. The van der Waals surface area contributed by atoms with Crippen LogP contribution in [0.3, 0.4) is 0 Å². The van der Waals surface area contributed by atoms with E-state index in [4.69, 9.17) is 0 Å². The second kappa shape index (κ2) is 7.70. The van der Waals surface area contributed by atoms with E-state index >= 15 is 0 Å². The number of amides is 1. The number of aromatic nitrogens is 2. The van der Waals surface area contributed by atoms with Gasteiger partial charge in [0.25, 0.3) is 5.56 Å². The maximum absolute atomic E-state index is 12.0. The Balaban J connectivity index is 2.01. The monoisotopic (exact) mass is 302 g/mol. The number of carbonyl (C=O) groups is 1. The molecule has 6 nitrogen and oxygen atoms in total. The molecule has 22 heavy (non-hydrogen) atoms. The summed E-state index contributed by atoms with van der Waals surface area (Å²) in [5.41, 5.74) is 0.358. The molecule has 0 aliphatic rings. The maximum Gasteiger partial charge on any atom is 0.272 e. The molecule has 0 saturated heterocycles. The molecule has 0 atom stereocenters. The molecule has 0 aliphatic heterocycles. The zero-order chi connectivity index (χ0) is 15.9. The van der Waals surface area contributed by atoms with E-state index in [9.17, 15) is 9.59 Å². The Bertz CT molecular complexity index is 692. The number of rotatable bonds is 7. The van der Waals surface area contributed by atoms with Crippen LogP contribution in [0.1, 0.15) is 19.5 Å². The average Bonchev–Trinajstić information content (AvgIpc) is 2.54. The van der Waals surface area contributed by atoms with Gasteiger partial charge in [-0.15, -0.1) is 0 Å². The van der Waals surface area contributed by atoms with E-state index in [0.717, 1.165) is 25.0 Å². The van der Waals surface area contributed by atoms with Crippen LogP contribution in [0.2, 0.25) is 0 Å². The highest BCUT2D eigenvalue weighted by Gasteiger charge is 2.10. The van der Waals surface area contributed by atoms with Crippen molar-refractivity contribution in [2.45, 2.75) is 20.3 Å². The fourth-order valence-corrected chi connectivity index (χ4v) is 2.41. The molecule has 2 N–H and O–H groups in total. The van der Waals surface area contributed by atoms with Crippen LogP contribution in [-0.2, 0) is 11.2 Å². The second-order valence-electron chi connectivity index (χ2n) is 5.10. The number of likely N-dealkylation sites (N-methyl/N-ethyl adjacent to an activating group) is 1. The van der Waals surface area contributed by atoms with Crippen LogP contribution in [-0.4, -0.2) is 47.2 Å². The molecule has 2 rings (SSSR count). The molecule has 1 aromatic carbocycles. The zero-order valence-electron chi connectivity index (χ0n) is 13.1. The van der Waals surface area contributed by atoms with Gasteiger partial charge in [-0.3, -0.25) is 9.59 Å². The van der Waals surface area contributed by atoms with Gasteiger partial charge in [0.1, 0.15) is 0 Å². The average molecular weight is 302 g/mol. The zero-order valence-corrected chi connectivity index (χ0v) is 13.1. The van der Waals surface area contributed by atoms with Gasteiger partial charge in [0.2, 0.25) is 5.91 Å². The Kier molecular flexibility index (Phi) is 5.66. The highest BCUT2D eigenvalue weighted by atomic mass is 16.1. The van der Waals surface area contributed by atoms with E-state index in [0.29, 0.717) is 17.6 Å². The number of nitrogens with one attached hydrogen (secondary N) is 2. The summed E-state index contributed by atoms with van der Waals surface area (Å²) in [6.07, 6.45) is 0.162. The van der Waals surface area contributed by atoms with Crippen LogP contribution in [0.25, 0.3) is 10.8 Å². The van der Waals surface area contributed by atoms with Gasteiger partial charge in [0, 0.05) is 18.5 Å². The molecular weight excluding hydrogens is 280 g/mol. The third-order valence-corrected chi connectivity index (χ3v) is 3.75. The van der Waals surface area contributed by atoms with Crippen molar-refractivity contribution in [3.05, 3.63) is 40.3 Å². The lowest BCUT2D eigenvalue weighted by Crippen LogP contribution is -2.35. The Morgan fingerprint density at radius 3 is 2.59 bits per heavy atom. The van der Waals surface area contributed by atoms with Crippen LogP contribution in [0, 0.1) is 0 Å². The smallest absolute Gasteiger partial charge is 0.272 e. The van der Waals surface area contributed by atoms with Crippen LogP contribution < -0.4 is 10.9 Å². The van der Waals surface area contributed by atoms with E-state index in [1.165, 1.54) is 0 Å². The maximum atomic E-state index is 12.0. The predicted octanol–water partition coefficient (Wildman–Crippen LogP) is 0.924. The van der Waals surface area contributed by atoms with Crippen molar-refractivity contribution in [3.8, 4) is 0 Å². The first-order chi connectivity index (χ1) is 10.7. The normalized spacial score (nSPS) is 11.0. The topological polar surface area (TPSA) is 78.1 Å². The second-order valence-corrected chi connectivity index (χ2v) is 5.10. The Morgan fingerprint density at radius 2 is 1.91 bits per heavy atom. The highest BCUT2D eigenvalue weighted by Crippen LogP contribution is 2.12. The third kappa shape index (κ3) is 3.92. The van der Waals surface area contributed by atoms with Crippen molar-refractivity contribution < 1.29 is 4.79 Å². The quantitative estimate of drug-likeness (QED) is 0.797. The molecule has 0 spiro atoms. The number of hydrogen-bond donors (Lipinski definition) is 2. The van der Waals surface area contributed by atoms with Gasteiger partial charge in [-0.25, -0.2) is 5.10 Å². The largest absolute Gasteiger partial charge is 0.354 e. The standard InChI is InChI=1S/C16H22N4O2/c1-3-20(4-2)10-9-17-15(21)11-14-12-7-5-6-8-13(12)16(22)19-18-14/h5-8H,3-4,9-11H2,1-2H3,(H,17,21)(H,19,22). The van der Waals surface area contributed by atoms with Crippen molar-refractivity contribution in [1.29, 1.82) is 0 Å². The Labute approximate surface area is 129 Å². The number of aromatic amines is 1. The molecule has 1 heterocycles. The number of benzene rings is 1. The van der Waals surface area contributed by atoms with Crippen LogP contribution in [0.15, 0.2) is 29.1 Å². The number of nitrogens with zero attached hydrogens (tertiary/aromatic N) is 2. The van der Waals surface area contributed by atoms with Crippen molar-refractivity contribution >= 4 is 16.7 Å². The molecule has 0 bridgehead atoms. The first kappa shape index (κ1) is 16.2. The van der Waals surface area contributed by atoms with E-state index in [2.05, 4.69) is 34.3 Å². The Morgan fingerprint density at radius 1 is 1.23 bits per heavy atom. The lowest BCUT2D eigenvalue weighted by atomic mass is 10.1. The van der Waals surface area contributed by atoms with Crippen molar-refractivity contribution in [3.63, 3.8) is 0 Å². The van der Waals surface area contributed by atoms with Gasteiger partial charge in [-0.2, -0.15) is 5.10 Å². The van der Waals surface area contributed by atoms with E-state index in [1.54, 1.807) is 12.1 Å². The fourth-order valence-electron chi connectivity index (χ4n) is 2.41. The minimum absolute atomic E-state index is 0.0862. The number of hydrogen-bond acceptors (Lipinski definition) is 4. The summed E-state index contributed by atoms with van der Waals surface area (Å²) in [6, 6.07) is 7.18. The van der Waals surface area contributed by atoms with Gasteiger partial charge in [-0.05, 0) is 19.2 Å². The van der Waals surface area contributed by atoms with Crippen molar-refractivity contribution in [1.82, 2.24) is 20.4 Å². The summed E-state index contributed by atoms with van der Waals surface area (Å²) in [4.78, 5) is 26.0. The van der Waals surface area contributed by atoms with Crippen LogP contribution >= 0.6 is 0 Å². The van der Waals surface area contributed by atoms with Crippen molar-refractivity contribution in [2.24, 2.45) is 0 Å². The van der Waals surface area contributed by atoms with Crippen LogP contribution in [0.5, 0.6) is 0 Å². The van der Waals surface area contributed by atoms with Gasteiger partial charge in [-0.1, -0.05) is 32.0 Å². The van der Waals surface area contributed by atoms with Gasteiger partial charge < -0.3 is 10.2 Å². The summed E-state index contributed by atoms with van der Waals surface area (Å²) >= 11 is 0. The molecule has 0 aliphatic carbocycles. The van der Waals surface area contributed by atoms with Crippen LogP contribution in [0.4, 0.5) is 0 Å². The third-order valence-electron chi connectivity index (χ3n) is 3.75. The van der Waals surface area contributed by atoms with Gasteiger partial charge >= 0.3 is 0 Å².